The summed E-state index contributed by atoms with van der Waals surface area (Å²) in [5.41, 5.74) is 1.07. The van der Waals surface area contributed by atoms with E-state index in [1.807, 2.05) is 6.20 Å². The second-order valence-electron chi connectivity index (χ2n) is 3.62. The Morgan fingerprint density at radius 2 is 2.00 bits per heavy atom. The van der Waals surface area contributed by atoms with Gasteiger partial charge in [-0.2, -0.15) is 0 Å². The van der Waals surface area contributed by atoms with Gasteiger partial charge in [0.15, 0.2) is 0 Å². The van der Waals surface area contributed by atoms with Gasteiger partial charge < -0.3 is 14.9 Å². The van der Waals surface area contributed by atoms with Crippen LogP contribution in [0.25, 0.3) is 0 Å². The number of halogens is 1. The molecule has 2 heterocycles. The van der Waals surface area contributed by atoms with Crippen molar-refractivity contribution in [1.29, 1.82) is 0 Å². The van der Waals surface area contributed by atoms with Crippen LogP contribution in [0.4, 0.5) is 10.5 Å². The largest absolute Gasteiger partial charge is 0.465 e. The molecule has 0 aliphatic carbocycles. The second kappa shape index (κ2) is 4.86. The highest BCUT2D eigenvalue weighted by Gasteiger charge is 2.20. The summed E-state index contributed by atoms with van der Waals surface area (Å²) < 4.78 is 1.09. The fourth-order valence-electron chi connectivity index (χ4n) is 1.73. The zero-order valence-electron chi connectivity index (χ0n) is 8.64. The quantitative estimate of drug-likeness (QED) is 0.791. The summed E-state index contributed by atoms with van der Waals surface area (Å²) in [5, 5.41) is 8.83. The van der Waals surface area contributed by atoms with Crippen LogP contribution in [0.5, 0.6) is 0 Å². The SMILES string of the molecule is O=C(O)N1CCN(c2cncc(I)c2)CC1. The van der Waals surface area contributed by atoms with Gasteiger partial charge in [-0.05, 0) is 28.7 Å². The van der Waals surface area contributed by atoms with E-state index in [1.165, 1.54) is 4.90 Å². The summed E-state index contributed by atoms with van der Waals surface area (Å²) in [6.45, 7) is 2.57. The number of pyridine rings is 1. The van der Waals surface area contributed by atoms with Crippen molar-refractivity contribution >= 4 is 34.4 Å². The molecule has 0 aromatic carbocycles. The zero-order valence-corrected chi connectivity index (χ0v) is 10.8. The van der Waals surface area contributed by atoms with Crippen LogP contribution in [0.15, 0.2) is 18.5 Å². The number of aromatic nitrogens is 1. The van der Waals surface area contributed by atoms with E-state index in [4.69, 9.17) is 5.11 Å². The van der Waals surface area contributed by atoms with Crippen LogP contribution in [0, 0.1) is 3.57 Å². The first-order valence-electron chi connectivity index (χ1n) is 5.00. The van der Waals surface area contributed by atoms with Crippen molar-refractivity contribution in [2.24, 2.45) is 0 Å². The molecule has 0 spiro atoms. The van der Waals surface area contributed by atoms with Crippen molar-refractivity contribution in [2.75, 3.05) is 31.1 Å². The van der Waals surface area contributed by atoms with Crippen LogP contribution in [-0.4, -0.2) is 47.3 Å². The number of carbonyl (C=O) groups is 1. The number of rotatable bonds is 1. The Labute approximate surface area is 107 Å². The first-order valence-corrected chi connectivity index (χ1v) is 6.08. The molecular weight excluding hydrogens is 321 g/mol. The highest BCUT2D eigenvalue weighted by Crippen LogP contribution is 2.17. The third kappa shape index (κ3) is 2.55. The molecule has 1 aromatic heterocycles. The monoisotopic (exact) mass is 333 g/mol. The van der Waals surface area contributed by atoms with Crippen molar-refractivity contribution < 1.29 is 9.90 Å². The van der Waals surface area contributed by atoms with Gasteiger partial charge in [0.1, 0.15) is 0 Å². The van der Waals surface area contributed by atoms with Gasteiger partial charge in [-0.15, -0.1) is 0 Å². The average Bonchev–Trinajstić information content (AvgIpc) is 2.29. The van der Waals surface area contributed by atoms with Gasteiger partial charge in [-0.25, -0.2) is 4.79 Å². The molecule has 0 radical (unpaired) electrons. The smallest absolute Gasteiger partial charge is 0.407 e. The van der Waals surface area contributed by atoms with E-state index >= 15 is 0 Å². The van der Waals surface area contributed by atoms with E-state index in [0.29, 0.717) is 13.1 Å². The first-order chi connectivity index (χ1) is 7.66. The second-order valence-corrected chi connectivity index (χ2v) is 4.86. The Bertz CT molecular complexity index is 391. The Morgan fingerprint density at radius 3 is 2.56 bits per heavy atom. The van der Waals surface area contributed by atoms with E-state index in [0.717, 1.165) is 22.3 Å². The molecule has 1 N–H and O–H groups in total. The van der Waals surface area contributed by atoms with Gasteiger partial charge in [0.25, 0.3) is 0 Å². The van der Waals surface area contributed by atoms with E-state index < -0.39 is 6.09 Å². The predicted octanol–water partition coefficient (Wildman–Crippen LogP) is 1.49. The molecule has 6 heteroatoms. The van der Waals surface area contributed by atoms with Crippen LogP contribution >= 0.6 is 22.6 Å². The Kier molecular flexibility index (Phi) is 3.47. The summed E-state index contributed by atoms with van der Waals surface area (Å²) in [6, 6.07) is 2.06. The fraction of sp³-hybridized carbons (Fsp3) is 0.400. The summed E-state index contributed by atoms with van der Waals surface area (Å²) in [7, 11) is 0. The van der Waals surface area contributed by atoms with Crippen LogP contribution in [0.3, 0.4) is 0 Å². The molecule has 0 atom stereocenters. The Hall–Kier alpha value is -1.05. The number of hydrogen-bond acceptors (Lipinski definition) is 3. The van der Waals surface area contributed by atoms with Gasteiger partial charge in [0.05, 0.1) is 11.9 Å². The maximum absolute atomic E-state index is 10.7. The molecule has 16 heavy (non-hydrogen) atoms. The van der Waals surface area contributed by atoms with E-state index in [2.05, 4.69) is 38.5 Å². The summed E-state index contributed by atoms with van der Waals surface area (Å²) in [6.07, 6.45) is 2.79. The topological polar surface area (TPSA) is 56.7 Å². The molecular formula is C10H12IN3O2. The van der Waals surface area contributed by atoms with Gasteiger partial charge in [0.2, 0.25) is 0 Å². The van der Waals surface area contributed by atoms with Crippen molar-refractivity contribution in [3.63, 3.8) is 0 Å². The zero-order chi connectivity index (χ0) is 11.5. The van der Waals surface area contributed by atoms with Crippen molar-refractivity contribution in [1.82, 2.24) is 9.88 Å². The number of carboxylic acid groups (broad SMARTS) is 1. The molecule has 86 valence electrons. The average molecular weight is 333 g/mol. The molecule has 1 aliphatic rings. The highest BCUT2D eigenvalue weighted by molar-refractivity contribution is 14.1. The van der Waals surface area contributed by atoms with Gasteiger partial charge in [-0.3, -0.25) is 4.98 Å². The maximum Gasteiger partial charge on any atom is 0.407 e. The number of nitrogens with zero attached hydrogens (tertiary/aromatic N) is 3. The fourth-order valence-corrected chi connectivity index (χ4v) is 2.21. The molecule has 1 amide bonds. The van der Waals surface area contributed by atoms with E-state index in [1.54, 1.807) is 6.20 Å². The van der Waals surface area contributed by atoms with Crippen LogP contribution < -0.4 is 4.90 Å². The van der Waals surface area contributed by atoms with Crippen LogP contribution in [-0.2, 0) is 0 Å². The normalized spacial score (nSPS) is 16.3. The van der Waals surface area contributed by atoms with E-state index in [-0.39, 0.29) is 0 Å². The molecule has 0 bridgehead atoms. The highest BCUT2D eigenvalue weighted by atomic mass is 127. The van der Waals surface area contributed by atoms with Gasteiger partial charge >= 0.3 is 6.09 Å². The minimum absolute atomic E-state index is 0.556. The van der Waals surface area contributed by atoms with Crippen molar-refractivity contribution in [3.8, 4) is 0 Å². The molecule has 1 fully saturated rings. The number of anilines is 1. The molecule has 0 saturated carbocycles. The molecule has 1 aliphatic heterocycles. The van der Waals surface area contributed by atoms with Crippen molar-refractivity contribution in [3.05, 3.63) is 22.0 Å². The van der Waals surface area contributed by atoms with Gasteiger partial charge in [-0.1, -0.05) is 0 Å². The third-order valence-electron chi connectivity index (χ3n) is 2.61. The molecule has 2 rings (SSSR count). The Morgan fingerprint density at radius 1 is 1.31 bits per heavy atom. The van der Waals surface area contributed by atoms with E-state index in [9.17, 15) is 4.79 Å². The lowest BCUT2D eigenvalue weighted by atomic mass is 10.3. The maximum atomic E-state index is 10.7. The number of hydrogen-bond donors (Lipinski definition) is 1. The summed E-state index contributed by atoms with van der Waals surface area (Å²) in [4.78, 5) is 18.5. The number of piperazine rings is 1. The number of amides is 1. The lowest BCUT2D eigenvalue weighted by Gasteiger charge is -2.34. The molecule has 1 saturated heterocycles. The minimum Gasteiger partial charge on any atom is -0.465 e. The molecule has 0 unspecified atom stereocenters. The molecule has 1 aromatic rings. The standard InChI is InChI=1S/C10H12IN3O2/c11-8-5-9(7-12-6-8)13-1-3-14(4-2-13)10(15)16/h5-7H,1-4H2,(H,15,16). The Balaban J connectivity index is 2.01. The lowest BCUT2D eigenvalue weighted by molar-refractivity contribution is 0.142. The summed E-state index contributed by atoms with van der Waals surface area (Å²) >= 11 is 2.22. The summed E-state index contributed by atoms with van der Waals surface area (Å²) in [5.74, 6) is 0. The first kappa shape index (κ1) is 11.4. The van der Waals surface area contributed by atoms with Crippen LogP contribution in [0.1, 0.15) is 0 Å². The molecule has 5 nitrogen and oxygen atoms in total. The predicted molar refractivity (Wildman–Crippen MR) is 68.8 cm³/mol. The van der Waals surface area contributed by atoms with Gasteiger partial charge in [0, 0.05) is 35.9 Å². The van der Waals surface area contributed by atoms with Crippen LogP contribution in [0.2, 0.25) is 0 Å². The van der Waals surface area contributed by atoms with Crippen molar-refractivity contribution in [2.45, 2.75) is 0 Å². The minimum atomic E-state index is -0.833. The third-order valence-corrected chi connectivity index (χ3v) is 3.20. The lowest BCUT2D eigenvalue weighted by Crippen LogP contribution is -2.48.